The van der Waals surface area contributed by atoms with Gasteiger partial charge in [-0.2, -0.15) is 0 Å². The van der Waals surface area contributed by atoms with E-state index in [9.17, 15) is 9.59 Å². The Morgan fingerprint density at radius 3 is 1.12 bits per heavy atom. The number of allylic oxidation sites excluding steroid dienone is 2. The third-order valence-corrected chi connectivity index (χ3v) is 3.72. The molecule has 3 aromatic rings. The van der Waals surface area contributed by atoms with Gasteiger partial charge in [-0.05, 0) is 23.3 Å². The van der Waals surface area contributed by atoms with Crippen molar-refractivity contribution in [1.29, 1.82) is 0 Å². The minimum atomic E-state index is -0.0924. The lowest BCUT2D eigenvalue weighted by molar-refractivity contribution is 0.0994. The molecule has 1 aliphatic rings. The first kappa shape index (κ1) is 15.6. The fraction of sp³-hybridized carbons (Fsp3) is 0. The molecular weight excluding hydrogens is 296 g/mol. The van der Waals surface area contributed by atoms with E-state index in [1.807, 2.05) is 12.1 Å². The standard InChI is InChI=1S/C12H10.C10H6O2/c1-3-7-11(8-4-1)12-9-5-2-6-10-12;11-9-5-6-10(12)8-4-2-1-3-7(8)9/h1-10H;1-6H. The predicted octanol–water partition coefficient (Wildman–Crippen LogP) is 4.98. The van der Waals surface area contributed by atoms with E-state index >= 15 is 0 Å². The Labute approximate surface area is 141 Å². The molecular formula is C22H16O2. The molecule has 2 nitrogen and oxygen atoms in total. The molecule has 0 saturated carbocycles. The molecule has 4 rings (SSSR count). The number of hydrogen-bond acceptors (Lipinski definition) is 2. The molecule has 0 aromatic heterocycles. The van der Waals surface area contributed by atoms with Gasteiger partial charge in [0.05, 0.1) is 0 Å². The number of benzene rings is 3. The number of ketones is 2. The number of rotatable bonds is 1. The quantitative estimate of drug-likeness (QED) is 0.635. The van der Waals surface area contributed by atoms with Crippen LogP contribution in [0.4, 0.5) is 0 Å². The summed E-state index contributed by atoms with van der Waals surface area (Å²) >= 11 is 0. The van der Waals surface area contributed by atoms with Crippen LogP contribution >= 0.6 is 0 Å². The summed E-state index contributed by atoms with van der Waals surface area (Å²) in [5.74, 6) is -0.185. The van der Waals surface area contributed by atoms with Crippen LogP contribution in [0.2, 0.25) is 0 Å². The van der Waals surface area contributed by atoms with E-state index in [-0.39, 0.29) is 11.6 Å². The highest BCUT2D eigenvalue weighted by molar-refractivity contribution is 6.21. The van der Waals surface area contributed by atoms with Crippen LogP contribution in [0.25, 0.3) is 11.1 Å². The Morgan fingerprint density at radius 1 is 0.417 bits per heavy atom. The van der Waals surface area contributed by atoms with E-state index in [4.69, 9.17) is 0 Å². The second kappa shape index (κ2) is 7.34. The SMILES string of the molecule is O=C1C=CC(=O)c2ccccc21.c1ccc(-c2ccccc2)cc1. The minimum absolute atomic E-state index is 0.0924. The predicted molar refractivity (Wildman–Crippen MR) is 96.1 cm³/mol. The first-order valence-corrected chi connectivity index (χ1v) is 7.72. The molecule has 0 N–H and O–H groups in total. The lowest BCUT2D eigenvalue weighted by Gasteiger charge is -2.06. The van der Waals surface area contributed by atoms with Gasteiger partial charge in [0.1, 0.15) is 0 Å². The van der Waals surface area contributed by atoms with Crippen molar-refractivity contribution in [2.45, 2.75) is 0 Å². The summed E-state index contributed by atoms with van der Waals surface area (Å²) < 4.78 is 0. The molecule has 0 saturated heterocycles. The average Bonchev–Trinajstić information content (AvgIpc) is 2.67. The second-order valence-electron chi connectivity index (χ2n) is 5.34. The smallest absolute Gasteiger partial charge is 0.186 e. The Morgan fingerprint density at radius 2 is 0.750 bits per heavy atom. The monoisotopic (exact) mass is 312 g/mol. The van der Waals surface area contributed by atoms with Crippen molar-refractivity contribution in [1.82, 2.24) is 0 Å². The van der Waals surface area contributed by atoms with Crippen LogP contribution in [-0.4, -0.2) is 11.6 Å². The largest absolute Gasteiger partial charge is 0.289 e. The van der Waals surface area contributed by atoms with Gasteiger partial charge in [-0.15, -0.1) is 0 Å². The lowest BCUT2D eigenvalue weighted by Crippen LogP contribution is -2.10. The van der Waals surface area contributed by atoms with Crippen molar-refractivity contribution in [2.75, 3.05) is 0 Å². The van der Waals surface area contributed by atoms with Crippen molar-refractivity contribution in [3.63, 3.8) is 0 Å². The second-order valence-corrected chi connectivity index (χ2v) is 5.34. The third-order valence-electron chi connectivity index (χ3n) is 3.72. The van der Waals surface area contributed by atoms with Crippen molar-refractivity contribution < 1.29 is 9.59 Å². The summed E-state index contributed by atoms with van der Waals surface area (Å²) in [6.45, 7) is 0. The highest BCUT2D eigenvalue weighted by atomic mass is 16.1. The van der Waals surface area contributed by atoms with E-state index in [1.165, 1.54) is 23.3 Å². The number of carbonyl (C=O) groups excluding carboxylic acids is 2. The maximum Gasteiger partial charge on any atom is 0.186 e. The zero-order valence-corrected chi connectivity index (χ0v) is 13.1. The number of fused-ring (bicyclic) bond motifs is 1. The zero-order chi connectivity index (χ0) is 16.8. The van der Waals surface area contributed by atoms with Crippen LogP contribution in [0.1, 0.15) is 20.7 Å². The number of carbonyl (C=O) groups is 2. The normalized spacial score (nSPS) is 12.2. The molecule has 0 aliphatic heterocycles. The van der Waals surface area contributed by atoms with Gasteiger partial charge in [0.2, 0.25) is 0 Å². The van der Waals surface area contributed by atoms with Crippen LogP contribution < -0.4 is 0 Å². The van der Waals surface area contributed by atoms with Gasteiger partial charge >= 0.3 is 0 Å². The molecule has 24 heavy (non-hydrogen) atoms. The van der Waals surface area contributed by atoms with E-state index in [0.717, 1.165) is 0 Å². The van der Waals surface area contributed by atoms with Gasteiger partial charge in [-0.25, -0.2) is 0 Å². The number of hydrogen-bond donors (Lipinski definition) is 0. The molecule has 2 heteroatoms. The van der Waals surface area contributed by atoms with Crippen LogP contribution in [0.3, 0.4) is 0 Å². The molecule has 0 radical (unpaired) electrons. The van der Waals surface area contributed by atoms with Crippen molar-refractivity contribution in [3.05, 3.63) is 108 Å². The highest BCUT2D eigenvalue weighted by Gasteiger charge is 2.16. The molecule has 0 bridgehead atoms. The Bertz CT molecular complexity index is 804. The van der Waals surface area contributed by atoms with Crippen LogP contribution in [0.5, 0.6) is 0 Å². The Balaban J connectivity index is 0.000000141. The molecule has 0 fully saturated rings. The molecule has 0 spiro atoms. The van der Waals surface area contributed by atoms with Gasteiger partial charge in [0.25, 0.3) is 0 Å². The summed E-state index contributed by atoms with van der Waals surface area (Å²) in [7, 11) is 0. The Hall–Kier alpha value is -3.26. The van der Waals surface area contributed by atoms with Crippen LogP contribution in [0, 0.1) is 0 Å². The molecule has 0 heterocycles. The first-order chi connectivity index (χ1) is 11.8. The zero-order valence-electron chi connectivity index (χ0n) is 13.1. The molecule has 0 atom stereocenters. The van der Waals surface area contributed by atoms with Crippen LogP contribution in [-0.2, 0) is 0 Å². The topological polar surface area (TPSA) is 34.1 Å². The van der Waals surface area contributed by atoms with E-state index in [2.05, 4.69) is 48.5 Å². The summed E-state index contributed by atoms with van der Waals surface area (Å²) in [5, 5.41) is 0. The summed E-state index contributed by atoms with van der Waals surface area (Å²) in [5.41, 5.74) is 3.56. The summed E-state index contributed by atoms with van der Waals surface area (Å²) in [4.78, 5) is 22.4. The van der Waals surface area contributed by atoms with E-state index in [0.29, 0.717) is 11.1 Å². The summed E-state index contributed by atoms with van der Waals surface area (Å²) in [6, 6.07) is 27.6. The van der Waals surface area contributed by atoms with Crippen molar-refractivity contribution in [2.24, 2.45) is 0 Å². The first-order valence-electron chi connectivity index (χ1n) is 7.72. The van der Waals surface area contributed by atoms with E-state index < -0.39 is 0 Å². The maximum atomic E-state index is 11.2. The van der Waals surface area contributed by atoms with Gasteiger partial charge < -0.3 is 0 Å². The van der Waals surface area contributed by atoms with Gasteiger partial charge in [0.15, 0.2) is 11.6 Å². The minimum Gasteiger partial charge on any atom is -0.289 e. The molecule has 0 amide bonds. The van der Waals surface area contributed by atoms with Crippen molar-refractivity contribution in [3.8, 4) is 11.1 Å². The van der Waals surface area contributed by atoms with Gasteiger partial charge in [-0.3, -0.25) is 9.59 Å². The molecule has 3 aromatic carbocycles. The van der Waals surface area contributed by atoms with Crippen LogP contribution in [0.15, 0.2) is 97.1 Å². The summed E-state index contributed by atoms with van der Waals surface area (Å²) in [6.07, 6.45) is 2.62. The maximum absolute atomic E-state index is 11.2. The molecule has 116 valence electrons. The highest BCUT2D eigenvalue weighted by Crippen LogP contribution is 2.17. The average molecular weight is 312 g/mol. The molecule has 0 unspecified atom stereocenters. The lowest BCUT2D eigenvalue weighted by atomic mass is 9.95. The fourth-order valence-electron chi connectivity index (χ4n) is 2.50. The third kappa shape index (κ3) is 3.55. The van der Waals surface area contributed by atoms with E-state index in [1.54, 1.807) is 24.3 Å². The van der Waals surface area contributed by atoms with Gasteiger partial charge in [0, 0.05) is 11.1 Å². The Kier molecular flexibility index (Phi) is 4.78. The van der Waals surface area contributed by atoms with Gasteiger partial charge in [-0.1, -0.05) is 84.9 Å². The van der Waals surface area contributed by atoms with Crippen molar-refractivity contribution >= 4 is 11.6 Å². The molecule has 1 aliphatic carbocycles. The fourth-order valence-corrected chi connectivity index (χ4v) is 2.50.